The molecule has 6 nitrogen and oxygen atoms in total. The summed E-state index contributed by atoms with van der Waals surface area (Å²) in [7, 11) is 0. The lowest BCUT2D eigenvalue weighted by Gasteiger charge is -2.08. The molecule has 0 spiro atoms. The van der Waals surface area contributed by atoms with Crippen LogP contribution in [0.2, 0.25) is 0 Å². The Morgan fingerprint density at radius 2 is 1.96 bits per heavy atom. The zero-order valence-electron chi connectivity index (χ0n) is 12.1. The lowest BCUT2D eigenvalue weighted by atomic mass is 10.1. The highest BCUT2D eigenvalue weighted by molar-refractivity contribution is 6.04. The summed E-state index contributed by atoms with van der Waals surface area (Å²) in [5.41, 5.74) is 1.49. The van der Waals surface area contributed by atoms with E-state index in [1.165, 1.54) is 30.7 Å². The molecule has 0 atom stereocenters. The lowest BCUT2D eigenvalue weighted by molar-refractivity contribution is -0.0498. The van der Waals surface area contributed by atoms with Crippen LogP contribution in [-0.2, 0) is 0 Å². The first-order chi connectivity index (χ1) is 11.6. The number of hydrogen-bond donors (Lipinski definition) is 1. The molecule has 1 N–H and O–H groups in total. The van der Waals surface area contributed by atoms with E-state index in [-0.39, 0.29) is 11.7 Å². The summed E-state index contributed by atoms with van der Waals surface area (Å²) in [6.07, 6.45) is 1.21. The average molecular weight is 331 g/mol. The molecule has 24 heavy (non-hydrogen) atoms. The second-order valence-corrected chi connectivity index (χ2v) is 4.68. The van der Waals surface area contributed by atoms with Crippen molar-refractivity contribution in [3.05, 3.63) is 60.5 Å². The number of alkyl halides is 2. The second-order valence-electron chi connectivity index (χ2n) is 4.68. The van der Waals surface area contributed by atoms with Crippen LogP contribution in [0.4, 0.5) is 14.5 Å². The third-order valence-electron chi connectivity index (χ3n) is 3.07. The van der Waals surface area contributed by atoms with Gasteiger partial charge in [0.05, 0.1) is 0 Å². The Morgan fingerprint density at radius 3 is 2.62 bits per heavy atom. The van der Waals surface area contributed by atoms with Crippen LogP contribution in [0.25, 0.3) is 11.5 Å². The third-order valence-corrected chi connectivity index (χ3v) is 3.07. The molecule has 3 rings (SSSR count). The maximum atomic E-state index is 12.2. The fourth-order valence-corrected chi connectivity index (χ4v) is 2.02. The second kappa shape index (κ2) is 6.86. The molecule has 0 saturated heterocycles. The molecule has 0 saturated carbocycles. The highest BCUT2D eigenvalue weighted by atomic mass is 19.3. The standard InChI is InChI=1S/C16H11F2N3O3/c17-16(18)24-13-6-4-10(5-7-13)14(22)20-12-3-1-2-11(8-12)15-21-19-9-23-15/h1-9,16H,(H,20,22). The van der Waals surface area contributed by atoms with E-state index in [0.29, 0.717) is 22.7 Å². The number of amides is 1. The molecule has 0 bridgehead atoms. The number of nitrogens with one attached hydrogen (secondary N) is 1. The minimum absolute atomic E-state index is 0.0139. The van der Waals surface area contributed by atoms with E-state index in [1.54, 1.807) is 24.3 Å². The summed E-state index contributed by atoms with van der Waals surface area (Å²) in [6.45, 7) is -2.91. The average Bonchev–Trinajstić information content (AvgIpc) is 3.10. The first-order valence-corrected chi connectivity index (χ1v) is 6.84. The van der Waals surface area contributed by atoms with Gasteiger partial charge < -0.3 is 14.5 Å². The molecule has 1 amide bonds. The Balaban J connectivity index is 1.72. The van der Waals surface area contributed by atoms with E-state index in [4.69, 9.17) is 4.42 Å². The topological polar surface area (TPSA) is 77.3 Å². The molecule has 0 fully saturated rings. The Morgan fingerprint density at radius 1 is 1.17 bits per heavy atom. The van der Waals surface area contributed by atoms with E-state index < -0.39 is 6.61 Å². The highest BCUT2D eigenvalue weighted by Gasteiger charge is 2.10. The summed E-state index contributed by atoms with van der Waals surface area (Å²) >= 11 is 0. The zero-order valence-corrected chi connectivity index (χ0v) is 12.1. The van der Waals surface area contributed by atoms with Crippen LogP contribution in [0.5, 0.6) is 5.75 Å². The Hall–Kier alpha value is -3.29. The molecule has 0 aliphatic rings. The van der Waals surface area contributed by atoms with Crippen molar-refractivity contribution < 1.29 is 22.7 Å². The van der Waals surface area contributed by atoms with Gasteiger partial charge in [-0.05, 0) is 42.5 Å². The number of aromatic nitrogens is 2. The summed E-state index contributed by atoms with van der Waals surface area (Å²) in [4.78, 5) is 12.2. The molecule has 0 aliphatic carbocycles. The predicted molar refractivity (Wildman–Crippen MR) is 80.8 cm³/mol. The molecule has 0 aliphatic heterocycles. The fraction of sp³-hybridized carbons (Fsp3) is 0.0625. The SMILES string of the molecule is O=C(Nc1cccc(-c2nnco2)c1)c1ccc(OC(F)F)cc1. The largest absolute Gasteiger partial charge is 0.435 e. The number of anilines is 1. The van der Waals surface area contributed by atoms with Gasteiger partial charge in [-0.15, -0.1) is 10.2 Å². The van der Waals surface area contributed by atoms with Crippen molar-refractivity contribution in [3.63, 3.8) is 0 Å². The van der Waals surface area contributed by atoms with Crippen LogP contribution in [0.15, 0.2) is 59.3 Å². The van der Waals surface area contributed by atoms with Gasteiger partial charge in [-0.1, -0.05) is 6.07 Å². The van der Waals surface area contributed by atoms with Gasteiger partial charge in [0.1, 0.15) is 5.75 Å². The number of hydrogen-bond acceptors (Lipinski definition) is 5. The number of rotatable bonds is 5. The van der Waals surface area contributed by atoms with Gasteiger partial charge in [-0.3, -0.25) is 4.79 Å². The van der Waals surface area contributed by atoms with Crippen molar-refractivity contribution in [2.24, 2.45) is 0 Å². The predicted octanol–water partition coefficient (Wildman–Crippen LogP) is 3.59. The van der Waals surface area contributed by atoms with Gasteiger partial charge in [-0.25, -0.2) is 0 Å². The van der Waals surface area contributed by atoms with Gasteiger partial charge in [-0.2, -0.15) is 8.78 Å². The van der Waals surface area contributed by atoms with Crippen molar-refractivity contribution in [2.75, 3.05) is 5.32 Å². The van der Waals surface area contributed by atoms with Crippen molar-refractivity contribution in [3.8, 4) is 17.2 Å². The van der Waals surface area contributed by atoms with E-state index in [0.717, 1.165) is 0 Å². The maximum Gasteiger partial charge on any atom is 0.387 e. The smallest absolute Gasteiger partial charge is 0.387 e. The van der Waals surface area contributed by atoms with Gasteiger partial charge >= 0.3 is 6.61 Å². The van der Waals surface area contributed by atoms with Crippen LogP contribution in [0.1, 0.15) is 10.4 Å². The van der Waals surface area contributed by atoms with Crippen molar-refractivity contribution >= 4 is 11.6 Å². The number of halogens is 2. The first-order valence-electron chi connectivity index (χ1n) is 6.84. The van der Waals surface area contributed by atoms with Crippen molar-refractivity contribution in [1.29, 1.82) is 0 Å². The Labute approximate surface area is 135 Å². The van der Waals surface area contributed by atoms with Crippen LogP contribution < -0.4 is 10.1 Å². The minimum Gasteiger partial charge on any atom is -0.435 e. The highest BCUT2D eigenvalue weighted by Crippen LogP contribution is 2.21. The molecule has 2 aromatic carbocycles. The monoisotopic (exact) mass is 331 g/mol. The Kier molecular flexibility index (Phi) is 4.46. The summed E-state index contributed by atoms with van der Waals surface area (Å²) < 4.78 is 33.5. The first kappa shape index (κ1) is 15.6. The molecule has 8 heteroatoms. The van der Waals surface area contributed by atoms with Crippen LogP contribution >= 0.6 is 0 Å². The zero-order chi connectivity index (χ0) is 16.9. The fourth-order valence-electron chi connectivity index (χ4n) is 2.02. The van der Waals surface area contributed by atoms with Gasteiger partial charge in [0, 0.05) is 16.8 Å². The van der Waals surface area contributed by atoms with E-state index in [1.807, 2.05) is 0 Å². The Bertz CT molecular complexity index is 821. The van der Waals surface area contributed by atoms with E-state index in [2.05, 4.69) is 20.3 Å². The van der Waals surface area contributed by atoms with E-state index >= 15 is 0 Å². The normalized spacial score (nSPS) is 10.6. The number of carbonyl (C=O) groups is 1. The molecule has 3 aromatic rings. The summed E-state index contributed by atoms with van der Waals surface area (Å²) in [5.74, 6) is -0.0687. The lowest BCUT2D eigenvalue weighted by Crippen LogP contribution is -2.12. The number of nitrogens with zero attached hydrogens (tertiary/aromatic N) is 2. The molecular weight excluding hydrogens is 320 g/mol. The van der Waals surface area contributed by atoms with E-state index in [9.17, 15) is 13.6 Å². The van der Waals surface area contributed by atoms with Gasteiger partial charge in [0.2, 0.25) is 12.3 Å². The molecule has 0 radical (unpaired) electrons. The molecular formula is C16H11F2N3O3. The molecule has 1 aromatic heterocycles. The molecule has 0 unspecified atom stereocenters. The number of benzene rings is 2. The van der Waals surface area contributed by atoms with Gasteiger partial charge in [0.15, 0.2) is 0 Å². The van der Waals surface area contributed by atoms with Crippen molar-refractivity contribution in [1.82, 2.24) is 10.2 Å². The molecule has 122 valence electrons. The number of carbonyl (C=O) groups excluding carboxylic acids is 1. The quantitative estimate of drug-likeness (QED) is 0.773. The number of ether oxygens (including phenoxy) is 1. The third kappa shape index (κ3) is 3.72. The van der Waals surface area contributed by atoms with Crippen LogP contribution in [0, 0.1) is 0 Å². The summed E-state index contributed by atoms with van der Waals surface area (Å²) in [6, 6.07) is 12.3. The van der Waals surface area contributed by atoms with Crippen LogP contribution in [0.3, 0.4) is 0 Å². The molecule has 1 heterocycles. The summed E-state index contributed by atoms with van der Waals surface area (Å²) in [5, 5.41) is 10.1. The van der Waals surface area contributed by atoms with Crippen LogP contribution in [-0.4, -0.2) is 22.7 Å². The van der Waals surface area contributed by atoms with Crippen molar-refractivity contribution in [2.45, 2.75) is 6.61 Å². The minimum atomic E-state index is -2.91. The maximum absolute atomic E-state index is 12.2. The van der Waals surface area contributed by atoms with Gasteiger partial charge in [0.25, 0.3) is 5.91 Å².